The Labute approximate surface area is 129 Å². The molecule has 3 aromatic rings. The van der Waals surface area contributed by atoms with E-state index in [-0.39, 0.29) is 12.1 Å². The summed E-state index contributed by atoms with van der Waals surface area (Å²) in [6.07, 6.45) is -4.41. The molecule has 118 valence electrons. The van der Waals surface area contributed by atoms with E-state index in [0.717, 1.165) is 35.3 Å². The summed E-state index contributed by atoms with van der Waals surface area (Å²) in [4.78, 5) is 19.3. The lowest BCUT2D eigenvalue weighted by atomic mass is 10.1. The first-order valence-corrected chi connectivity index (χ1v) is 6.82. The minimum atomic E-state index is -4.41. The molecule has 0 fully saturated rings. The van der Waals surface area contributed by atoms with Crippen LogP contribution < -0.4 is 5.32 Å². The SMILES string of the molecule is O=C(NCc1nc2ccccc2[nH]1)c1ccc(C(F)(F)F)cc1. The van der Waals surface area contributed by atoms with E-state index in [2.05, 4.69) is 15.3 Å². The van der Waals surface area contributed by atoms with Crippen LogP contribution in [0.15, 0.2) is 48.5 Å². The maximum atomic E-state index is 12.5. The highest BCUT2D eigenvalue weighted by Gasteiger charge is 2.30. The Morgan fingerprint density at radius 1 is 1.09 bits per heavy atom. The molecule has 0 aliphatic carbocycles. The monoisotopic (exact) mass is 319 g/mol. The van der Waals surface area contributed by atoms with Crippen molar-refractivity contribution in [2.45, 2.75) is 12.7 Å². The van der Waals surface area contributed by atoms with Gasteiger partial charge >= 0.3 is 6.18 Å². The van der Waals surface area contributed by atoms with Crippen molar-refractivity contribution < 1.29 is 18.0 Å². The van der Waals surface area contributed by atoms with E-state index < -0.39 is 17.6 Å². The number of H-pyrrole nitrogens is 1. The molecule has 0 saturated carbocycles. The summed E-state index contributed by atoms with van der Waals surface area (Å²) in [7, 11) is 0. The topological polar surface area (TPSA) is 57.8 Å². The molecule has 3 rings (SSSR count). The van der Waals surface area contributed by atoms with Gasteiger partial charge in [0.1, 0.15) is 5.82 Å². The Balaban J connectivity index is 1.67. The molecule has 0 bridgehead atoms. The van der Waals surface area contributed by atoms with Crippen LogP contribution in [0.5, 0.6) is 0 Å². The lowest BCUT2D eigenvalue weighted by Crippen LogP contribution is -2.23. The Morgan fingerprint density at radius 2 is 1.78 bits per heavy atom. The van der Waals surface area contributed by atoms with Gasteiger partial charge in [0.05, 0.1) is 23.1 Å². The first-order valence-electron chi connectivity index (χ1n) is 6.82. The third-order valence-corrected chi connectivity index (χ3v) is 3.33. The lowest BCUT2D eigenvalue weighted by molar-refractivity contribution is -0.137. The predicted octanol–water partition coefficient (Wildman–Crippen LogP) is 3.51. The van der Waals surface area contributed by atoms with Gasteiger partial charge in [0.25, 0.3) is 5.91 Å². The number of carbonyl (C=O) groups excluding carboxylic acids is 1. The first-order chi connectivity index (χ1) is 10.9. The van der Waals surface area contributed by atoms with Gasteiger partial charge in [-0.2, -0.15) is 13.2 Å². The van der Waals surface area contributed by atoms with Gasteiger partial charge < -0.3 is 10.3 Å². The molecule has 1 heterocycles. The average molecular weight is 319 g/mol. The van der Waals surface area contributed by atoms with E-state index in [4.69, 9.17) is 0 Å². The van der Waals surface area contributed by atoms with Crippen molar-refractivity contribution in [1.82, 2.24) is 15.3 Å². The summed E-state index contributed by atoms with van der Waals surface area (Å²) in [5.74, 6) is 0.116. The van der Waals surface area contributed by atoms with Crippen LogP contribution in [0.4, 0.5) is 13.2 Å². The molecule has 0 aliphatic rings. The van der Waals surface area contributed by atoms with Crippen molar-refractivity contribution >= 4 is 16.9 Å². The number of alkyl halides is 3. The molecule has 7 heteroatoms. The number of rotatable bonds is 3. The summed E-state index contributed by atoms with van der Waals surface area (Å²) in [5, 5.41) is 2.62. The highest BCUT2D eigenvalue weighted by molar-refractivity contribution is 5.94. The molecule has 1 aromatic heterocycles. The maximum Gasteiger partial charge on any atom is 0.416 e. The summed E-state index contributed by atoms with van der Waals surface area (Å²) >= 11 is 0. The molecule has 0 spiro atoms. The number of halogens is 3. The highest BCUT2D eigenvalue weighted by atomic mass is 19.4. The number of carbonyl (C=O) groups is 1. The molecule has 0 unspecified atom stereocenters. The van der Waals surface area contributed by atoms with Crippen molar-refractivity contribution in [3.05, 3.63) is 65.5 Å². The number of amides is 1. The van der Waals surface area contributed by atoms with Gasteiger partial charge in [-0.05, 0) is 36.4 Å². The molecule has 0 radical (unpaired) electrons. The van der Waals surface area contributed by atoms with Crippen molar-refractivity contribution in [3.63, 3.8) is 0 Å². The van der Waals surface area contributed by atoms with Gasteiger partial charge in [-0.1, -0.05) is 12.1 Å². The molecular weight excluding hydrogens is 307 g/mol. The third kappa shape index (κ3) is 3.33. The van der Waals surface area contributed by atoms with Crippen LogP contribution in [0.1, 0.15) is 21.7 Å². The maximum absolute atomic E-state index is 12.5. The molecule has 0 atom stereocenters. The van der Waals surface area contributed by atoms with Crippen LogP contribution in [0.25, 0.3) is 11.0 Å². The Morgan fingerprint density at radius 3 is 2.43 bits per heavy atom. The van der Waals surface area contributed by atoms with Gasteiger partial charge in [0, 0.05) is 5.56 Å². The van der Waals surface area contributed by atoms with Gasteiger partial charge in [0.15, 0.2) is 0 Å². The number of hydrogen-bond donors (Lipinski definition) is 2. The predicted molar refractivity (Wildman–Crippen MR) is 78.7 cm³/mol. The average Bonchev–Trinajstić information content (AvgIpc) is 2.95. The number of aromatic amines is 1. The number of nitrogens with one attached hydrogen (secondary N) is 2. The van der Waals surface area contributed by atoms with E-state index in [1.54, 1.807) is 0 Å². The van der Waals surface area contributed by atoms with Crippen LogP contribution >= 0.6 is 0 Å². The number of fused-ring (bicyclic) bond motifs is 1. The van der Waals surface area contributed by atoms with E-state index >= 15 is 0 Å². The minimum absolute atomic E-state index is 0.161. The zero-order chi connectivity index (χ0) is 16.4. The number of aromatic nitrogens is 2. The van der Waals surface area contributed by atoms with E-state index in [0.29, 0.717) is 5.82 Å². The molecule has 0 aliphatic heterocycles. The van der Waals surface area contributed by atoms with Crippen LogP contribution in [-0.2, 0) is 12.7 Å². The second-order valence-electron chi connectivity index (χ2n) is 4.96. The second-order valence-corrected chi connectivity index (χ2v) is 4.96. The highest BCUT2D eigenvalue weighted by Crippen LogP contribution is 2.29. The Kier molecular flexibility index (Phi) is 3.77. The molecule has 0 saturated heterocycles. The lowest BCUT2D eigenvalue weighted by Gasteiger charge is -2.07. The van der Waals surface area contributed by atoms with Crippen LogP contribution in [0.2, 0.25) is 0 Å². The fourth-order valence-electron chi connectivity index (χ4n) is 2.17. The van der Waals surface area contributed by atoms with Crippen molar-refractivity contribution in [2.75, 3.05) is 0 Å². The molecule has 4 nitrogen and oxygen atoms in total. The van der Waals surface area contributed by atoms with Crippen molar-refractivity contribution in [3.8, 4) is 0 Å². The van der Waals surface area contributed by atoms with Gasteiger partial charge in [-0.3, -0.25) is 4.79 Å². The van der Waals surface area contributed by atoms with Crippen LogP contribution in [0, 0.1) is 0 Å². The number of nitrogens with zero attached hydrogens (tertiary/aromatic N) is 1. The summed E-state index contributed by atoms with van der Waals surface area (Å²) in [6, 6.07) is 11.5. The fraction of sp³-hybridized carbons (Fsp3) is 0.125. The molecule has 2 aromatic carbocycles. The third-order valence-electron chi connectivity index (χ3n) is 3.33. The molecule has 2 N–H and O–H groups in total. The number of imidazole rings is 1. The van der Waals surface area contributed by atoms with Gasteiger partial charge in [0.2, 0.25) is 0 Å². The zero-order valence-electron chi connectivity index (χ0n) is 11.8. The van der Waals surface area contributed by atoms with Gasteiger partial charge in [-0.15, -0.1) is 0 Å². The molecule has 1 amide bonds. The normalized spacial score (nSPS) is 11.6. The van der Waals surface area contributed by atoms with Crippen LogP contribution in [0.3, 0.4) is 0 Å². The van der Waals surface area contributed by atoms with Gasteiger partial charge in [-0.25, -0.2) is 4.98 Å². The van der Waals surface area contributed by atoms with E-state index in [9.17, 15) is 18.0 Å². The largest absolute Gasteiger partial charge is 0.416 e. The van der Waals surface area contributed by atoms with Crippen molar-refractivity contribution in [2.24, 2.45) is 0 Å². The number of benzene rings is 2. The van der Waals surface area contributed by atoms with E-state index in [1.165, 1.54) is 0 Å². The standard InChI is InChI=1S/C16H12F3N3O/c17-16(18,19)11-7-5-10(6-8-11)15(23)20-9-14-21-12-3-1-2-4-13(12)22-14/h1-8H,9H2,(H,20,23)(H,21,22). The summed E-state index contributed by atoms with van der Waals surface area (Å²) in [6.45, 7) is 0.161. The Hall–Kier alpha value is -2.83. The second kappa shape index (κ2) is 5.75. The fourth-order valence-corrected chi connectivity index (χ4v) is 2.17. The first kappa shape index (κ1) is 15.1. The van der Waals surface area contributed by atoms with Crippen LogP contribution in [-0.4, -0.2) is 15.9 Å². The molecule has 23 heavy (non-hydrogen) atoms. The number of para-hydroxylation sites is 2. The van der Waals surface area contributed by atoms with Crippen molar-refractivity contribution in [1.29, 1.82) is 0 Å². The van der Waals surface area contributed by atoms with E-state index in [1.807, 2.05) is 24.3 Å². The smallest absolute Gasteiger partial charge is 0.345 e. The number of hydrogen-bond acceptors (Lipinski definition) is 2. The quantitative estimate of drug-likeness (QED) is 0.776. The summed E-state index contributed by atoms with van der Waals surface area (Å²) < 4.78 is 37.4. The molecular formula is C16H12F3N3O. The summed E-state index contributed by atoms with van der Waals surface area (Å²) in [5.41, 5.74) is 1.01. The zero-order valence-corrected chi connectivity index (χ0v) is 11.8. The minimum Gasteiger partial charge on any atom is -0.345 e. The Bertz CT molecular complexity index is 805.